The Balaban J connectivity index is 2.44. The molecule has 2 atom stereocenters. The van der Waals surface area contributed by atoms with Gasteiger partial charge in [-0.15, -0.1) is 0 Å². The predicted molar refractivity (Wildman–Crippen MR) is 67.5 cm³/mol. The monoisotopic (exact) mass is 234 g/mol. The fourth-order valence-electron chi connectivity index (χ4n) is 1.97. The predicted octanol–water partition coefficient (Wildman–Crippen LogP) is 2.28. The molecule has 0 bridgehead atoms. The Kier molecular flexibility index (Phi) is 3.47. The molecule has 4 heteroatoms. The number of fused-ring (bicyclic) bond motifs is 1. The van der Waals surface area contributed by atoms with E-state index in [1.54, 1.807) is 7.11 Å². The normalized spacial score (nSPS) is 15.1. The second-order valence-electron chi connectivity index (χ2n) is 4.23. The van der Waals surface area contributed by atoms with E-state index in [0.717, 1.165) is 22.3 Å². The van der Waals surface area contributed by atoms with Crippen LogP contribution < -0.4 is 11.3 Å². The fraction of sp³-hybridized carbons (Fsp3) is 0.385. The van der Waals surface area contributed by atoms with Gasteiger partial charge in [0.2, 0.25) is 0 Å². The smallest absolute Gasteiger partial charge is 0.137 e. The highest BCUT2D eigenvalue weighted by Crippen LogP contribution is 2.28. The Labute approximate surface area is 101 Å². The van der Waals surface area contributed by atoms with E-state index in [4.69, 9.17) is 15.0 Å². The van der Waals surface area contributed by atoms with E-state index in [1.165, 1.54) is 0 Å². The Morgan fingerprint density at radius 2 is 2.18 bits per heavy atom. The molecule has 92 valence electrons. The van der Waals surface area contributed by atoms with Gasteiger partial charge in [0.25, 0.3) is 0 Å². The van der Waals surface area contributed by atoms with E-state index >= 15 is 0 Å². The number of hydrogen-bond donors (Lipinski definition) is 2. The van der Waals surface area contributed by atoms with Gasteiger partial charge in [0.05, 0.1) is 6.10 Å². The van der Waals surface area contributed by atoms with Crippen LogP contribution in [-0.2, 0) is 4.74 Å². The van der Waals surface area contributed by atoms with Crippen LogP contribution in [0.25, 0.3) is 11.0 Å². The third-order valence-electron chi connectivity index (χ3n) is 3.09. The molecule has 2 rings (SSSR count). The molecule has 2 aromatic rings. The average molecular weight is 234 g/mol. The number of ether oxygens (including phenoxy) is 1. The van der Waals surface area contributed by atoms with Crippen LogP contribution in [0.5, 0.6) is 0 Å². The molecule has 0 radical (unpaired) electrons. The standard InChI is InChI=1S/C13H18N2O2/c1-8-5-4-6-10-7-11(17-13(8)10)12(15-14)9(2)16-3/h4-7,9,12,15H,14H2,1-3H3. The lowest BCUT2D eigenvalue weighted by Crippen LogP contribution is -2.35. The van der Waals surface area contributed by atoms with Crippen molar-refractivity contribution < 1.29 is 9.15 Å². The zero-order valence-electron chi connectivity index (χ0n) is 10.4. The fourth-order valence-corrected chi connectivity index (χ4v) is 1.97. The van der Waals surface area contributed by atoms with Crippen molar-refractivity contribution in [1.82, 2.24) is 5.43 Å². The number of aryl methyl sites for hydroxylation is 1. The highest BCUT2D eigenvalue weighted by atomic mass is 16.5. The second kappa shape index (κ2) is 4.87. The first kappa shape index (κ1) is 12.1. The zero-order valence-corrected chi connectivity index (χ0v) is 10.4. The molecule has 0 aliphatic heterocycles. The van der Waals surface area contributed by atoms with Gasteiger partial charge in [-0.2, -0.15) is 0 Å². The maximum absolute atomic E-state index is 5.85. The summed E-state index contributed by atoms with van der Waals surface area (Å²) in [5.74, 6) is 6.35. The highest BCUT2D eigenvalue weighted by Gasteiger charge is 2.21. The molecule has 0 saturated heterocycles. The lowest BCUT2D eigenvalue weighted by Gasteiger charge is -2.19. The molecule has 2 unspecified atom stereocenters. The molecule has 0 fully saturated rings. The van der Waals surface area contributed by atoms with Gasteiger partial charge in [-0.05, 0) is 25.5 Å². The Hall–Kier alpha value is -1.36. The number of methoxy groups -OCH3 is 1. The Morgan fingerprint density at radius 3 is 2.76 bits per heavy atom. The lowest BCUT2D eigenvalue weighted by atomic mass is 10.1. The summed E-state index contributed by atoms with van der Waals surface area (Å²) >= 11 is 0. The third kappa shape index (κ3) is 2.20. The van der Waals surface area contributed by atoms with Gasteiger partial charge >= 0.3 is 0 Å². The molecular formula is C13H18N2O2. The number of nitrogens with two attached hydrogens (primary N) is 1. The quantitative estimate of drug-likeness (QED) is 0.629. The summed E-state index contributed by atoms with van der Waals surface area (Å²) in [7, 11) is 1.66. The molecule has 1 aromatic heterocycles. The summed E-state index contributed by atoms with van der Waals surface area (Å²) in [5, 5.41) is 1.09. The van der Waals surface area contributed by atoms with Crippen molar-refractivity contribution in [2.45, 2.75) is 26.0 Å². The molecule has 0 saturated carbocycles. The summed E-state index contributed by atoms with van der Waals surface area (Å²) in [6, 6.07) is 7.93. The first-order chi connectivity index (χ1) is 8.17. The summed E-state index contributed by atoms with van der Waals surface area (Å²) < 4.78 is 11.1. The van der Waals surface area contributed by atoms with Crippen molar-refractivity contribution in [3.63, 3.8) is 0 Å². The topological polar surface area (TPSA) is 60.4 Å². The minimum atomic E-state index is -0.146. The Bertz CT molecular complexity index is 507. The summed E-state index contributed by atoms with van der Waals surface area (Å²) in [6.45, 7) is 3.98. The first-order valence-electron chi connectivity index (χ1n) is 5.65. The van der Waals surface area contributed by atoms with Crippen molar-refractivity contribution in [2.24, 2.45) is 5.84 Å². The minimum absolute atomic E-state index is 0.0548. The number of furan rings is 1. The van der Waals surface area contributed by atoms with Crippen molar-refractivity contribution in [3.05, 3.63) is 35.6 Å². The molecule has 3 N–H and O–H groups in total. The van der Waals surface area contributed by atoms with Gasteiger partial charge in [0, 0.05) is 12.5 Å². The van der Waals surface area contributed by atoms with Crippen LogP contribution in [0.1, 0.15) is 24.3 Å². The van der Waals surface area contributed by atoms with Crippen LogP contribution in [0.2, 0.25) is 0 Å². The third-order valence-corrected chi connectivity index (χ3v) is 3.09. The van der Waals surface area contributed by atoms with E-state index < -0.39 is 0 Å². The molecule has 17 heavy (non-hydrogen) atoms. The van der Waals surface area contributed by atoms with Gasteiger partial charge < -0.3 is 9.15 Å². The van der Waals surface area contributed by atoms with Crippen molar-refractivity contribution in [3.8, 4) is 0 Å². The Morgan fingerprint density at radius 1 is 1.41 bits per heavy atom. The summed E-state index contributed by atoms with van der Waals surface area (Å²) in [4.78, 5) is 0. The maximum atomic E-state index is 5.85. The largest absolute Gasteiger partial charge is 0.459 e. The van der Waals surface area contributed by atoms with Crippen LogP contribution in [0.15, 0.2) is 28.7 Å². The maximum Gasteiger partial charge on any atom is 0.137 e. The number of hydrazine groups is 1. The van der Waals surface area contributed by atoms with Gasteiger partial charge in [0.15, 0.2) is 0 Å². The second-order valence-corrected chi connectivity index (χ2v) is 4.23. The molecule has 4 nitrogen and oxygen atoms in total. The summed E-state index contributed by atoms with van der Waals surface area (Å²) in [6.07, 6.45) is -0.0548. The SMILES string of the molecule is COC(C)C(NN)c1cc2cccc(C)c2o1. The van der Waals surface area contributed by atoms with Gasteiger partial charge in [0.1, 0.15) is 17.4 Å². The molecule has 0 aliphatic carbocycles. The van der Waals surface area contributed by atoms with Crippen molar-refractivity contribution in [1.29, 1.82) is 0 Å². The van der Waals surface area contributed by atoms with Gasteiger partial charge in [-0.1, -0.05) is 18.2 Å². The van der Waals surface area contributed by atoms with E-state index in [2.05, 4.69) is 5.43 Å². The van der Waals surface area contributed by atoms with Crippen molar-refractivity contribution in [2.75, 3.05) is 7.11 Å². The van der Waals surface area contributed by atoms with Crippen LogP contribution in [0.4, 0.5) is 0 Å². The number of benzene rings is 1. The van der Waals surface area contributed by atoms with E-state index in [0.29, 0.717) is 0 Å². The van der Waals surface area contributed by atoms with E-state index in [9.17, 15) is 0 Å². The van der Waals surface area contributed by atoms with Crippen LogP contribution in [-0.4, -0.2) is 13.2 Å². The minimum Gasteiger partial charge on any atom is -0.459 e. The molecule has 0 aliphatic rings. The highest BCUT2D eigenvalue weighted by molar-refractivity contribution is 5.81. The zero-order chi connectivity index (χ0) is 12.4. The number of para-hydroxylation sites is 1. The first-order valence-corrected chi connectivity index (χ1v) is 5.65. The average Bonchev–Trinajstić information content (AvgIpc) is 2.75. The van der Waals surface area contributed by atoms with Crippen LogP contribution in [0.3, 0.4) is 0 Å². The molecule has 0 amide bonds. The number of nitrogens with one attached hydrogen (secondary N) is 1. The van der Waals surface area contributed by atoms with Crippen molar-refractivity contribution >= 4 is 11.0 Å². The van der Waals surface area contributed by atoms with Crippen LogP contribution in [0, 0.1) is 6.92 Å². The number of hydrogen-bond acceptors (Lipinski definition) is 4. The molecule has 1 heterocycles. The van der Waals surface area contributed by atoms with E-state index in [-0.39, 0.29) is 12.1 Å². The number of rotatable bonds is 4. The lowest BCUT2D eigenvalue weighted by molar-refractivity contribution is 0.0761. The molecule has 1 aromatic carbocycles. The van der Waals surface area contributed by atoms with Gasteiger partial charge in [-0.3, -0.25) is 5.84 Å². The molecular weight excluding hydrogens is 216 g/mol. The summed E-state index contributed by atoms with van der Waals surface area (Å²) in [5.41, 5.74) is 4.76. The van der Waals surface area contributed by atoms with Gasteiger partial charge in [-0.25, -0.2) is 5.43 Å². The van der Waals surface area contributed by atoms with Crippen LogP contribution >= 0.6 is 0 Å². The molecule has 0 spiro atoms. The van der Waals surface area contributed by atoms with E-state index in [1.807, 2.05) is 38.1 Å².